The van der Waals surface area contributed by atoms with Gasteiger partial charge < -0.3 is 4.90 Å². The average molecular weight is 377 g/mol. The van der Waals surface area contributed by atoms with Gasteiger partial charge in [-0.1, -0.05) is 0 Å². The fraction of sp³-hybridized carbons (Fsp3) is 0.267. The van der Waals surface area contributed by atoms with Crippen LogP contribution >= 0.6 is 11.3 Å². The maximum Gasteiger partial charge on any atom is 0.240 e. The van der Waals surface area contributed by atoms with Gasteiger partial charge in [-0.05, 0) is 23.8 Å². The number of hydrogen-bond acceptors (Lipinski definition) is 6. The van der Waals surface area contributed by atoms with E-state index >= 15 is 0 Å². The van der Waals surface area contributed by atoms with Crippen LogP contribution in [0.1, 0.15) is 11.3 Å². The van der Waals surface area contributed by atoms with Crippen LogP contribution in [0.2, 0.25) is 0 Å². The van der Waals surface area contributed by atoms with Crippen molar-refractivity contribution in [2.75, 3.05) is 18.5 Å². The summed E-state index contributed by atoms with van der Waals surface area (Å²) in [7, 11) is -1.94. The molecule has 2 aromatic heterocycles. The Morgan fingerprint density at radius 2 is 2.20 bits per heavy atom. The first-order valence-corrected chi connectivity index (χ1v) is 9.97. The molecule has 25 heavy (non-hydrogen) atoms. The molecule has 1 N–H and O–H groups in total. The third-order valence-electron chi connectivity index (χ3n) is 4.20. The number of nitrogens with zero attached hydrogens (tertiary/aromatic N) is 4. The van der Waals surface area contributed by atoms with Crippen molar-refractivity contribution in [3.8, 4) is 0 Å². The first kappa shape index (κ1) is 16.2. The van der Waals surface area contributed by atoms with Gasteiger partial charge in [0.15, 0.2) is 0 Å². The number of sulfonamides is 1. The molecule has 0 saturated carbocycles. The monoisotopic (exact) mass is 377 g/mol. The van der Waals surface area contributed by atoms with Gasteiger partial charge in [-0.25, -0.2) is 22.6 Å². The van der Waals surface area contributed by atoms with E-state index in [0.717, 1.165) is 21.9 Å². The number of thiazole rings is 1. The standard InChI is InChI=1S/C15H15N5O3S2/c1-19-13-3-2-12(6-10(13)7-14(19)21)25(22,23)18-5-4-11-8-24-15-16-9-17-20(11)15/h2-3,6,8-9,18H,4-5,7H2,1H3. The van der Waals surface area contributed by atoms with Gasteiger partial charge in [-0.3, -0.25) is 4.79 Å². The van der Waals surface area contributed by atoms with Gasteiger partial charge in [0.2, 0.25) is 20.9 Å². The predicted octanol–water partition coefficient (Wildman–Crippen LogP) is 0.831. The minimum absolute atomic E-state index is 0.0354. The topological polar surface area (TPSA) is 96.7 Å². The van der Waals surface area contributed by atoms with Gasteiger partial charge in [0.1, 0.15) is 6.33 Å². The minimum atomic E-state index is -3.63. The molecule has 0 bridgehead atoms. The van der Waals surface area contributed by atoms with E-state index in [1.807, 2.05) is 5.38 Å². The molecule has 10 heteroatoms. The second-order valence-corrected chi connectivity index (χ2v) is 8.35. The SMILES string of the molecule is CN1C(=O)Cc2cc(S(=O)(=O)NCCc3csc4ncnn34)ccc21. The lowest BCUT2D eigenvalue weighted by Gasteiger charge is -2.11. The van der Waals surface area contributed by atoms with Gasteiger partial charge in [-0.15, -0.1) is 11.3 Å². The summed E-state index contributed by atoms with van der Waals surface area (Å²) in [5.74, 6) is -0.0354. The molecular formula is C15H15N5O3S2. The highest BCUT2D eigenvalue weighted by Gasteiger charge is 2.26. The summed E-state index contributed by atoms with van der Waals surface area (Å²) in [6.45, 7) is 0.254. The lowest BCUT2D eigenvalue weighted by molar-refractivity contribution is -0.117. The highest BCUT2D eigenvalue weighted by molar-refractivity contribution is 7.89. The molecule has 1 aliphatic rings. The summed E-state index contributed by atoms with van der Waals surface area (Å²) in [6, 6.07) is 4.77. The molecule has 1 aliphatic heterocycles. The Bertz CT molecular complexity index is 1070. The highest BCUT2D eigenvalue weighted by atomic mass is 32.2. The number of hydrogen-bond donors (Lipinski definition) is 1. The molecule has 4 rings (SSSR count). The number of carbonyl (C=O) groups is 1. The number of carbonyl (C=O) groups excluding carboxylic acids is 1. The lowest BCUT2D eigenvalue weighted by atomic mass is 10.2. The zero-order chi connectivity index (χ0) is 17.6. The molecule has 0 spiro atoms. The number of nitrogens with one attached hydrogen (secondary N) is 1. The summed E-state index contributed by atoms with van der Waals surface area (Å²) in [5, 5.41) is 6.02. The minimum Gasteiger partial charge on any atom is -0.315 e. The maximum atomic E-state index is 12.5. The van der Waals surface area contributed by atoms with Gasteiger partial charge in [0, 0.05) is 31.1 Å². The van der Waals surface area contributed by atoms with Gasteiger partial charge >= 0.3 is 0 Å². The van der Waals surface area contributed by atoms with Crippen LogP contribution in [0.5, 0.6) is 0 Å². The van der Waals surface area contributed by atoms with E-state index in [4.69, 9.17) is 0 Å². The third-order valence-corrected chi connectivity index (χ3v) is 6.54. The smallest absolute Gasteiger partial charge is 0.240 e. The molecule has 0 aliphatic carbocycles. The van der Waals surface area contributed by atoms with Crippen molar-refractivity contribution in [3.05, 3.63) is 41.2 Å². The van der Waals surface area contributed by atoms with E-state index in [-0.39, 0.29) is 23.8 Å². The van der Waals surface area contributed by atoms with Crippen molar-refractivity contribution in [3.63, 3.8) is 0 Å². The van der Waals surface area contributed by atoms with Gasteiger partial charge in [-0.2, -0.15) is 5.10 Å². The van der Waals surface area contributed by atoms with E-state index in [1.165, 1.54) is 23.7 Å². The summed E-state index contributed by atoms with van der Waals surface area (Å²) in [5.41, 5.74) is 2.40. The fourth-order valence-corrected chi connectivity index (χ4v) is 4.77. The molecule has 0 fully saturated rings. The first-order valence-electron chi connectivity index (χ1n) is 7.61. The molecule has 3 heterocycles. The number of rotatable bonds is 5. The molecule has 0 saturated heterocycles. The number of amides is 1. The van der Waals surface area contributed by atoms with Crippen LogP contribution in [0, 0.1) is 0 Å². The fourth-order valence-electron chi connectivity index (χ4n) is 2.85. The first-order chi connectivity index (χ1) is 12.0. The molecule has 0 unspecified atom stereocenters. The van der Waals surface area contributed by atoms with Crippen LogP contribution in [0.4, 0.5) is 5.69 Å². The second kappa shape index (κ2) is 5.90. The summed E-state index contributed by atoms with van der Waals surface area (Å²) < 4.78 is 29.3. The van der Waals surface area contributed by atoms with Crippen molar-refractivity contribution in [2.45, 2.75) is 17.7 Å². The predicted molar refractivity (Wildman–Crippen MR) is 93.3 cm³/mol. The number of aromatic nitrogens is 3. The van der Waals surface area contributed by atoms with E-state index in [9.17, 15) is 13.2 Å². The Morgan fingerprint density at radius 1 is 1.36 bits per heavy atom. The van der Waals surface area contributed by atoms with Gasteiger partial charge in [0.05, 0.1) is 17.0 Å². The Balaban J connectivity index is 1.48. The number of benzene rings is 1. The number of likely N-dealkylation sites (N-methyl/N-ethyl adjacent to an activating group) is 1. The Hall–Kier alpha value is -2.30. The Labute approximate surface area is 148 Å². The molecule has 0 radical (unpaired) electrons. The summed E-state index contributed by atoms with van der Waals surface area (Å²) in [4.78, 5) is 18.3. The Kier molecular flexibility index (Phi) is 3.82. The van der Waals surface area contributed by atoms with Crippen molar-refractivity contribution in [1.29, 1.82) is 0 Å². The third kappa shape index (κ3) is 2.81. The van der Waals surface area contributed by atoms with Crippen molar-refractivity contribution >= 4 is 37.9 Å². The zero-order valence-electron chi connectivity index (χ0n) is 13.3. The summed E-state index contributed by atoms with van der Waals surface area (Å²) in [6.07, 6.45) is 2.21. The second-order valence-electron chi connectivity index (χ2n) is 5.75. The van der Waals surface area contributed by atoms with Crippen LogP contribution in [0.25, 0.3) is 4.96 Å². The van der Waals surface area contributed by atoms with Crippen LogP contribution in [-0.2, 0) is 27.7 Å². The molecule has 8 nitrogen and oxygen atoms in total. The molecule has 0 atom stereocenters. The zero-order valence-corrected chi connectivity index (χ0v) is 15.0. The normalized spacial score (nSPS) is 14.4. The summed E-state index contributed by atoms with van der Waals surface area (Å²) >= 11 is 1.46. The largest absolute Gasteiger partial charge is 0.315 e. The molecule has 1 aromatic carbocycles. The van der Waals surface area contributed by atoms with Crippen LogP contribution < -0.4 is 9.62 Å². The lowest BCUT2D eigenvalue weighted by Crippen LogP contribution is -2.26. The van der Waals surface area contributed by atoms with Crippen LogP contribution in [0.15, 0.2) is 34.8 Å². The Morgan fingerprint density at radius 3 is 3.04 bits per heavy atom. The molecule has 1 amide bonds. The van der Waals surface area contributed by atoms with Crippen LogP contribution in [-0.4, -0.2) is 42.5 Å². The maximum absolute atomic E-state index is 12.5. The number of fused-ring (bicyclic) bond motifs is 2. The van der Waals surface area contributed by atoms with Crippen LogP contribution in [0.3, 0.4) is 0 Å². The molecule has 3 aromatic rings. The van der Waals surface area contributed by atoms with Crippen molar-refractivity contribution < 1.29 is 13.2 Å². The van der Waals surface area contributed by atoms with Crippen molar-refractivity contribution in [2.24, 2.45) is 0 Å². The molecule has 130 valence electrons. The number of anilines is 1. The van der Waals surface area contributed by atoms with E-state index in [2.05, 4.69) is 14.8 Å². The van der Waals surface area contributed by atoms with Gasteiger partial charge in [0.25, 0.3) is 0 Å². The van der Waals surface area contributed by atoms with Crippen molar-refractivity contribution in [1.82, 2.24) is 19.3 Å². The quantitative estimate of drug-likeness (QED) is 0.710. The average Bonchev–Trinajstić information content (AvgIpc) is 3.25. The molecular weight excluding hydrogens is 362 g/mol. The highest BCUT2D eigenvalue weighted by Crippen LogP contribution is 2.29. The van der Waals surface area contributed by atoms with E-state index < -0.39 is 10.0 Å². The van der Waals surface area contributed by atoms with E-state index in [1.54, 1.807) is 28.6 Å². The van der Waals surface area contributed by atoms with E-state index in [0.29, 0.717) is 6.42 Å².